The topological polar surface area (TPSA) is 70.6 Å². The van der Waals surface area contributed by atoms with Gasteiger partial charge in [0.15, 0.2) is 0 Å². The average molecular weight is 335 g/mol. The van der Waals surface area contributed by atoms with Gasteiger partial charge in [0.2, 0.25) is 5.91 Å². The number of carbonyl (C=O) groups excluding carboxylic acids is 3. The van der Waals surface area contributed by atoms with Crippen molar-refractivity contribution in [3.05, 3.63) is 65.5 Å². The summed E-state index contributed by atoms with van der Waals surface area (Å²) in [4.78, 5) is 44.5. The molecule has 25 heavy (non-hydrogen) atoms. The quantitative estimate of drug-likeness (QED) is 0.798. The zero-order valence-electron chi connectivity index (χ0n) is 13.6. The van der Waals surface area contributed by atoms with E-state index in [-0.39, 0.29) is 29.5 Å². The SMILES string of the molecule is O=C(Cc1ccccc1)N1CCC(N2C(=O)c3cccnc3C2=O)C1. The van der Waals surface area contributed by atoms with E-state index in [1.165, 1.54) is 11.1 Å². The number of hydrogen-bond acceptors (Lipinski definition) is 4. The minimum Gasteiger partial charge on any atom is -0.340 e. The molecule has 2 aliphatic heterocycles. The molecule has 2 aliphatic rings. The maximum absolute atomic E-state index is 12.5. The number of amides is 3. The van der Waals surface area contributed by atoms with E-state index in [9.17, 15) is 14.4 Å². The van der Waals surface area contributed by atoms with Crippen LogP contribution in [0.15, 0.2) is 48.7 Å². The Kier molecular flexibility index (Phi) is 3.80. The van der Waals surface area contributed by atoms with Crippen molar-refractivity contribution in [1.82, 2.24) is 14.8 Å². The Labute approximate surface area is 145 Å². The van der Waals surface area contributed by atoms with Crippen LogP contribution in [0.1, 0.15) is 32.8 Å². The van der Waals surface area contributed by atoms with E-state index >= 15 is 0 Å². The molecule has 1 aromatic heterocycles. The van der Waals surface area contributed by atoms with E-state index in [0.717, 1.165) is 5.56 Å². The van der Waals surface area contributed by atoms with Crippen LogP contribution >= 0.6 is 0 Å². The van der Waals surface area contributed by atoms with Gasteiger partial charge in [0, 0.05) is 19.3 Å². The standard InChI is InChI=1S/C19H17N3O3/c23-16(11-13-5-2-1-3-6-13)21-10-8-14(12-21)22-18(24)15-7-4-9-20-17(15)19(22)25/h1-7,9,14H,8,10-12H2. The summed E-state index contributed by atoms with van der Waals surface area (Å²) in [6, 6.07) is 12.5. The highest BCUT2D eigenvalue weighted by Gasteiger charge is 2.43. The number of benzene rings is 1. The van der Waals surface area contributed by atoms with E-state index in [1.54, 1.807) is 17.0 Å². The molecular weight excluding hydrogens is 318 g/mol. The molecule has 3 heterocycles. The first kappa shape index (κ1) is 15.5. The molecule has 3 amide bonds. The minimum absolute atomic E-state index is 0.0171. The highest BCUT2D eigenvalue weighted by atomic mass is 16.2. The van der Waals surface area contributed by atoms with Crippen LogP contribution in [0.5, 0.6) is 0 Å². The van der Waals surface area contributed by atoms with Crippen molar-refractivity contribution in [3.8, 4) is 0 Å². The van der Waals surface area contributed by atoms with Gasteiger partial charge in [-0.15, -0.1) is 0 Å². The monoisotopic (exact) mass is 335 g/mol. The highest BCUT2D eigenvalue weighted by Crippen LogP contribution is 2.27. The van der Waals surface area contributed by atoms with Crippen LogP contribution in [0, 0.1) is 0 Å². The van der Waals surface area contributed by atoms with Crippen molar-refractivity contribution >= 4 is 17.7 Å². The van der Waals surface area contributed by atoms with Crippen LogP contribution in [0.2, 0.25) is 0 Å². The molecule has 1 atom stereocenters. The van der Waals surface area contributed by atoms with Gasteiger partial charge in [0.25, 0.3) is 11.8 Å². The second-order valence-electron chi connectivity index (χ2n) is 6.32. The Balaban J connectivity index is 1.46. The molecule has 1 saturated heterocycles. The maximum Gasteiger partial charge on any atom is 0.280 e. The molecule has 0 radical (unpaired) electrons. The lowest BCUT2D eigenvalue weighted by atomic mass is 10.1. The van der Waals surface area contributed by atoms with Gasteiger partial charge < -0.3 is 4.90 Å². The van der Waals surface area contributed by atoms with Crippen LogP contribution in [0.4, 0.5) is 0 Å². The molecule has 126 valence electrons. The molecule has 0 saturated carbocycles. The minimum atomic E-state index is -0.358. The van der Waals surface area contributed by atoms with E-state index in [2.05, 4.69) is 4.98 Å². The lowest BCUT2D eigenvalue weighted by Crippen LogP contribution is -2.42. The van der Waals surface area contributed by atoms with Gasteiger partial charge in [-0.1, -0.05) is 30.3 Å². The van der Waals surface area contributed by atoms with Crippen molar-refractivity contribution in [2.45, 2.75) is 18.9 Å². The van der Waals surface area contributed by atoms with E-state index in [0.29, 0.717) is 31.5 Å². The van der Waals surface area contributed by atoms with Gasteiger partial charge in [0.05, 0.1) is 18.0 Å². The smallest absolute Gasteiger partial charge is 0.280 e. The van der Waals surface area contributed by atoms with Crippen molar-refractivity contribution < 1.29 is 14.4 Å². The van der Waals surface area contributed by atoms with Crippen LogP contribution in [-0.4, -0.2) is 51.6 Å². The summed E-state index contributed by atoms with van der Waals surface area (Å²) in [7, 11) is 0. The number of pyridine rings is 1. The van der Waals surface area contributed by atoms with Gasteiger partial charge in [-0.25, -0.2) is 0 Å². The molecule has 0 bridgehead atoms. The molecule has 6 nitrogen and oxygen atoms in total. The molecule has 0 N–H and O–H groups in total. The van der Waals surface area contributed by atoms with Crippen molar-refractivity contribution in [2.24, 2.45) is 0 Å². The van der Waals surface area contributed by atoms with Crippen LogP contribution < -0.4 is 0 Å². The Morgan fingerprint density at radius 2 is 1.88 bits per heavy atom. The second-order valence-corrected chi connectivity index (χ2v) is 6.32. The first-order chi connectivity index (χ1) is 12.1. The van der Waals surface area contributed by atoms with Crippen molar-refractivity contribution in [2.75, 3.05) is 13.1 Å². The Morgan fingerprint density at radius 1 is 1.08 bits per heavy atom. The summed E-state index contributed by atoms with van der Waals surface area (Å²) < 4.78 is 0. The fraction of sp³-hybridized carbons (Fsp3) is 0.263. The average Bonchev–Trinajstić information content (AvgIpc) is 3.20. The third kappa shape index (κ3) is 2.69. The molecule has 0 spiro atoms. The first-order valence-corrected chi connectivity index (χ1v) is 8.30. The van der Waals surface area contributed by atoms with Crippen molar-refractivity contribution in [3.63, 3.8) is 0 Å². The summed E-state index contributed by atoms with van der Waals surface area (Å²) in [5.74, 6) is -0.651. The number of imide groups is 1. The summed E-state index contributed by atoms with van der Waals surface area (Å²) in [6.07, 6.45) is 2.45. The van der Waals surface area contributed by atoms with Crippen molar-refractivity contribution in [1.29, 1.82) is 0 Å². The largest absolute Gasteiger partial charge is 0.340 e. The first-order valence-electron chi connectivity index (χ1n) is 8.30. The summed E-state index contributed by atoms with van der Waals surface area (Å²) >= 11 is 0. The number of carbonyl (C=O) groups is 3. The molecular formula is C19H17N3O3. The van der Waals surface area contributed by atoms with Gasteiger partial charge in [0.1, 0.15) is 5.69 Å². The number of aromatic nitrogens is 1. The number of rotatable bonds is 3. The van der Waals surface area contributed by atoms with Gasteiger partial charge in [-0.3, -0.25) is 24.3 Å². The van der Waals surface area contributed by atoms with Gasteiger partial charge in [-0.05, 0) is 24.1 Å². The Morgan fingerprint density at radius 3 is 2.64 bits per heavy atom. The van der Waals surface area contributed by atoms with E-state index < -0.39 is 0 Å². The normalized spacial score (nSPS) is 19.4. The maximum atomic E-state index is 12.5. The van der Waals surface area contributed by atoms with Crippen LogP contribution in [0.3, 0.4) is 0 Å². The predicted molar refractivity (Wildman–Crippen MR) is 89.9 cm³/mol. The number of nitrogens with zero attached hydrogens (tertiary/aromatic N) is 3. The summed E-state index contributed by atoms with van der Waals surface area (Å²) in [6.45, 7) is 0.939. The Hall–Kier alpha value is -3.02. The van der Waals surface area contributed by atoms with E-state index in [1.807, 2.05) is 30.3 Å². The lowest BCUT2D eigenvalue weighted by Gasteiger charge is -2.22. The summed E-state index contributed by atoms with van der Waals surface area (Å²) in [5.41, 5.74) is 1.52. The fourth-order valence-corrected chi connectivity index (χ4v) is 3.48. The van der Waals surface area contributed by atoms with Crippen LogP contribution in [0.25, 0.3) is 0 Å². The number of likely N-dealkylation sites (tertiary alicyclic amines) is 1. The molecule has 2 aromatic rings. The zero-order valence-corrected chi connectivity index (χ0v) is 13.6. The molecule has 6 heteroatoms. The van der Waals surface area contributed by atoms with E-state index in [4.69, 9.17) is 0 Å². The molecule has 1 unspecified atom stereocenters. The second kappa shape index (κ2) is 6.12. The third-order valence-corrected chi connectivity index (χ3v) is 4.76. The lowest BCUT2D eigenvalue weighted by molar-refractivity contribution is -0.129. The van der Waals surface area contributed by atoms with Crippen LogP contribution in [-0.2, 0) is 11.2 Å². The van der Waals surface area contributed by atoms with Gasteiger partial charge >= 0.3 is 0 Å². The highest BCUT2D eigenvalue weighted by molar-refractivity contribution is 6.20. The Bertz CT molecular complexity index is 815. The summed E-state index contributed by atoms with van der Waals surface area (Å²) in [5, 5.41) is 0. The molecule has 0 aliphatic carbocycles. The fourth-order valence-electron chi connectivity index (χ4n) is 3.48. The molecule has 1 aromatic carbocycles. The molecule has 1 fully saturated rings. The third-order valence-electron chi connectivity index (χ3n) is 4.76. The predicted octanol–water partition coefficient (Wildman–Crippen LogP) is 1.52. The number of fused-ring (bicyclic) bond motifs is 1. The zero-order chi connectivity index (χ0) is 17.4. The molecule has 4 rings (SSSR count). The van der Waals surface area contributed by atoms with Gasteiger partial charge in [-0.2, -0.15) is 0 Å². The number of hydrogen-bond donors (Lipinski definition) is 0.